The van der Waals surface area contributed by atoms with Crippen LogP contribution in [0.15, 0.2) is 29.3 Å². The third-order valence-corrected chi connectivity index (χ3v) is 9.30. The number of benzene rings is 1. The topological polar surface area (TPSA) is 75.3 Å². The molecule has 2 aromatic rings. The number of hydrogen-bond donors (Lipinski definition) is 1. The Labute approximate surface area is 214 Å². The molecule has 2 aliphatic heterocycles. The Balaban J connectivity index is 1.64. The number of nitrogens with one attached hydrogen (secondary N) is 1. The number of rotatable bonds is 8. The summed E-state index contributed by atoms with van der Waals surface area (Å²) in [5, 5.41) is 2.31. The number of aryl methyl sites for hydroxylation is 2. The van der Waals surface area contributed by atoms with Crippen LogP contribution in [-0.4, -0.2) is 48.4 Å². The number of carbonyl (C=O) groups is 1. The van der Waals surface area contributed by atoms with Crippen LogP contribution in [0.25, 0.3) is 16.6 Å². The molecule has 1 aromatic heterocycles. The van der Waals surface area contributed by atoms with Gasteiger partial charge >= 0.3 is 0 Å². The summed E-state index contributed by atoms with van der Waals surface area (Å²) in [6, 6.07) is 3.80. The summed E-state index contributed by atoms with van der Waals surface area (Å²) in [7, 11) is -3.60. The monoisotopic (exact) mass is 543 g/mol. The lowest BCUT2D eigenvalue weighted by atomic mass is 10.2. The van der Waals surface area contributed by atoms with Crippen molar-refractivity contribution in [2.75, 3.05) is 24.6 Å². The van der Waals surface area contributed by atoms with Gasteiger partial charge in [0.05, 0.1) is 33.9 Å². The van der Waals surface area contributed by atoms with Crippen molar-refractivity contribution >= 4 is 67.5 Å². The molecule has 4 rings (SSSR count). The third kappa shape index (κ3) is 5.42. The first-order chi connectivity index (χ1) is 16.2. The second-order valence-corrected chi connectivity index (χ2v) is 12.2. The summed E-state index contributed by atoms with van der Waals surface area (Å²) in [4.78, 5) is 13.5. The molecule has 184 valence electrons. The van der Waals surface area contributed by atoms with E-state index in [1.54, 1.807) is 0 Å². The molecule has 0 saturated carbocycles. The summed E-state index contributed by atoms with van der Waals surface area (Å²) in [5.74, 6) is 1.57. The van der Waals surface area contributed by atoms with Gasteiger partial charge in [0.1, 0.15) is 0 Å². The van der Waals surface area contributed by atoms with Crippen molar-refractivity contribution in [3.05, 3.63) is 45.2 Å². The van der Waals surface area contributed by atoms with Gasteiger partial charge in [0.2, 0.25) is 15.9 Å². The molecule has 1 saturated heterocycles. The SMILES string of the molecule is CCN1CCSC1=CC=C1CCn2c1[n+](CCCCS(=O)(=O)NC(C)=O)c1cc(Cl)c(Cl)cc12. The smallest absolute Gasteiger partial charge is 0.285 e. The number of halogens is 2. The van der Waals surface area contributed by atoms with Crippen molar-refractivity contribution < 1.29 is 17.8 Å². The fourth-order valence-electron chi connectivity index (χ4n) is 4.57. The first-order valence-corrected chi connectivity index (χ1v) is 14.8. The van der Waals surface area contributed by atoms with E-state index in [9.17, 15) is 13.2 Å². The molecule has 1 amide bonds. The molecule has 0 spiro atoms. The molecule has 0 bridgehead atoms. The second kappa shape index (κ2) is 10.5. The van der Waals surface area contributed by atoms with E-state index in [2.05, 4.69) is 33.1 Å². The number of aromatic nitrogens is 2. The predicted octanol–water partition coefficient (Wildman–Crippen LogP) is 4.18. The lowest BCUT2D eigenvalue weighted by molar-refractivity contribution is -0.674. The molecule has 7 nitrogen and oxygen atoms in total. The zero-order valence-corrected chi connectivity index (χ0v) is 22.5. The van der Waals surface area contributed by atoms with Crippen molar-refractivity contribution in [2.45, 2.75) is 46.2 Å². The van der Waals surface area contributed by atoms with E-state index in [4.69, 9.17) is 23.2 Å². The minimum atomic E-state index is -3.60. The summed E-state index contributed by atoms with van der Waals surface area (Å²) in [6.45, 7) is 6.94. The van der Waals surface area contributed by atoms with Crippen molar-refractivity contribution in [1.29, 1.82) is 0 Å². The molecule has 1 N–H and O–H groups in total. The number of imidazole rings is 1. The lowest BCUT2D eigenvalue weighted by Crippen LogP contribution is -2.37. The van der Waals surface area contributed by atoms with Gasteiger partial charge in [-0.05, 0) is 31.9 Å². The van der Waals surface area contributed by atoms with Gasteiger partial charge in [0.15, 0.2) is 11.0 Å². The quantitative estimate of drug-likeness (QED) is 0.399. The fourth-order valence-corrected chi connectivity index (χ4v) is 7.09. The van der Waals surface area contributed by atoms with Crippen LogP contribution in [0.4, 0.5) is 0 Å². The maximum absolute atomic E-state index is 12.0. The number of unbranched alkanes of at least 4 members (excludes halogenated alkanes) is 1. The molecule has 0 aliphatic carbocycles. The molecule has 34 heavy (non-hydrogen) atoms. The molecule has 0 atom stereocenters. The minimum Gasteiger partial charge on any atom is -0.366 e. The molecular weight excluding hydrogens is 515 g/mol. The van der Waals surface area contributed by atoms with Crippen molar-refractivity contribution in [3.8, 4) is 0 Å². The van der Waals surface area contributed by atoms with Crippen LogP contribution in [0.3, 0.4) is 0 Å². The molecule has 2 aliphatic rings. The number of hydrogen-bond acceptors (Lipinski definition) is 5. The van der Waals surface area contributed by atoms with E-state index in [1.165, 1.54) is 17.5 Å². The Morgan fingerprint density at radius 2 is 1.97 bits per heavy atom. The highest BCUT2D eigenvalue weighted by Gasteiger charge is 2.33. The average molecular weight is 545 g/mol. The van der Waals surface area contributed by atoms with Gasteiger partial charge in [0, 0.05) is 49.9 Å². The molecule has 11 heteroatoms. The number of allylic oxidation sites excluding steroid dienone is 3. The highest BCUT2D eigenvalue weighted by molar-refractivity contribution is 8.03. The van der Waals surface area contributed by atoms with Crippen LogP contribution in [-0.2, 0) is 27.9 Å². The van der Waals surface area contributed by atoms with E-state index in [0.29, 0.717) is 29.4 Å². The first kappa shape index (κ1) is 25.4. The fraction of sp³-hybridized carbons (Fsp3) is 0.478. The predicted molar refractivity (Wildman–Crippen MR) is 139 cm³/mol. The average Bonchev–Trinajstić information content (AvgIpc) is 3.45. The summed E-state index contributed by atoms with van der Waals surface area (Å²) < 4.78 is 30.5. The Morgan fingerprint density at radius 3 is 2.71 bits per heavy atom. The zero-order chi connectivity index (χ0) is 24.5. The van der Waals surface area contributed by atoms with Gasteiger partial charge in [-0.25, -0.2) is 17.6 Å². The largest absolute Gasteiger partial charge is 0.366 e. The number of carbonyl (C=O) groups excluding carboxylic acids is 1. The standard InChI is InChI=1S/C23H28Cl2N4O3S2/c1-3-27-11-12-33-22(27)7-6-17-8-10-29-21-15-19(25)18(24)14-20(21)28(23(17)29)9-4-5-13-34(31,32)26-16(2)30/h6-7,14-15H,3-5,8-13H2,1-2H3/p+1. The van der Waals surface area contributed by atoms with Gasteiger partial charge in [-0.1, -0.05) is 23.2 Å². The van der Waals surface area contributed by atoms with Crippen LogP contribution in [0.5, 0.6) is 0 Å². The summed E-state index contributed by atoms with van der Waals surface area (Å²) >= 11 is 14.6. The maximum Gasteiger partial charge on any atom is 0.285 e. The Bertz CT molecular complexity index is 1290. The number of nitrogens with zero attached hydrogens (tertiary/aromatic N) is 3. The van der Waals surface area contributed by atoms with Crippen LogP contribution >= 0.6 is 35.0 Å². The number of amides is 1. The number of sulfonamides is 1. The minimum absolute atomic E-state index is 0.0907. The normalized spacial score (nSPS) is 18.4. The van der Waals surface area contributed by atoms with E-state index in [0.717, 1.165) is 48.7 Å². The van der Waals surface area contributed by atoms with Gasteiger partial charge in [-0.2, -0.15) is 0 Å². The molecular formula is C23H29Cl2N4O3S2+. The van der Waals surface area contributed by atoms with Crippen LogP contribution < -0.4 is 9.29 Å². The summed E-state index contributed by atoms with van der Waals surface area (Å²) in [5.41, 5.74) is 3.25. The van der Waals surface area contributed by atoms with E-state index >= 15 is 0 Å². The van der Waals surface area contributed by atoms with Crippen molar-refractivity contribution in [1.82, 2.24) is 14.2 Å². The molecule has 3 heterocycles. The highest BCUT2D eigenvalue weighted by Crippen LogP contribution is 2.35. The van der Waals surface area contributed by atoms with Crippen LogP contribution in [0.1, 0.15) is 38.9 Å². The van der Waals surface area contributed by atoms with Crippen LogP contribution in [0.2, 0.25) is 10.0 Å². The van der Waals surface area contributed by atoms with E-state index < -0.39 is 15.9 Å². The van der Waals surface area contributed by atoms with Gasteiger partial charge in [-0.3, -0.25) is 9.52 Å². The van der Waals surface area contributed by atoms with Gasteiger partial charge in [0.25, 0.3) is 5.82 Å². The molecule has 1 fully saturated rings. The van der Waals surface area contributed by atoms with E-state index in [-0.39, 0.29) is 5.75 Å². The Morgan fingerprint density at radius 1 is 1.21 bits per heavy atom. The lowest BCUT2D eigenvalue weighted by Gasteiger charge is -2.15. The van der Waals surface area contributed by atoms with Gasteiger partial charge < -0.3 is 4.90 Å². The Hall–Kier alpha value is -1.68. The van der Waals surface area contributed by atoms with Gasteiger partial charge in [-0.15, -0.1) is 11.8 Å². The molecule has 0 radical (unpaired) electrons. The molecule has 1 aromatic carbocycles. The maximum atomic E-state index is 12.0. The molecule has 0 unspecified atom stereocenters. The van der Waals surface area contributed by atoms with Crippen molar-refractivity contribution in [2.24, 2.45) is 0 Å². The van der Waals surface area contributed by atoms with Crippen LogP contribution in [0, 0.1) is 0 Å². The Kier molecular flexibility index (Phi) is 7.86. The van der Waals surface area contributed by atoms with E-state index in [1.807, 2.05) is 28.6 Å². The first-order valence-electron chi connectivity index (χ1n) is 11.4. The zero-order valence-electron chi connectivity index (χ0n) is 19.3. The summed E-state index contributed by atoms with van der Waals surface area (Å²) in [6.07, 6.45) is 6.43. The number of thioether (sulfide) groups is 1. The highest BCUT2D eigenvalue weighted by atomic mass is 35.5. The number of fused-ring (bicyclic) bond motifs is 3. The van der Waals surface area contributed by atoms with Crippen molar-refractivity contribution in [3.63, 3.8) is 0 Å². The third-order valence-electron chi connectivity index (χ3n) is 6.08. The second-order valence-electron chi connectivity index (χ2n) is 8.44.